The lowest BCUT2D eigenvalue weighted by atomic mass is 10.0. The van der Waals surface area contributed by atoms with Crippen LogP contribution in [0.3, 0.4) is 0 Å². The number of likely N-dealkylation sites (tertiary alicyclic amines) is 5. The molecule has 0 spiro atoms. The van der Waals surface area contributed by atoms with Crippen molar-refractivity contribution in [3.8, 4) is 0 Å². The average molecular weight is 1460 g/mol. The molecular weight excluding hydrogens is 1310 g/mol. The maximum absolute atomic E-state index is 5.75. The fourth-order valence-corrected chi connectivity index (χ4v) is 21.3. The van der Waals surface area contributed by atoms with E-state index in [4.69, 9.17) is 13.3 Å². The predicted molar refractivity (Wildman–Crippen MR) is 440 cm³/mol. The lowest BCUT2D eigenvalue weighted by molar-refractivity contribution is 0.00884. The van der Waals surface area contributed by atoms with E-state index in [0.29, 0.717) is 78.5 Å². The molecule has 16 unspecified atom stereocenters. The molecule has 8 aliphatic heterocycles. The number of rotatable bonds is 17. The Morgan fingerprint density at radius 1 is 0.330 bits per heavy atom. The van der Waals surface area contributed by atoms with Gasteiger partial charge in [0.25, 0.3) is 0 Å². The molecule has 5 fully saturated rings. The molecule has 0 bridgehead atoms. The third-order valence-electron chi connectivity index (χ3n) is 23.9. The number of aromatic nitrogens is 5. The van der Waals surface area contributed by atoms with Gasteiger partial charge in [-0.05, 0) is 246 Å². The fourth-order valence-electron chi connectivity index (χ4n) is 18.5. The quantitative estimate of drug-likeness (QED) is 0.0657. The second-order valence-corrected chi connectivity index (χ2v) is 37.0. The summed E-state index contributed by atoms with van der Waals surface area (Å²) >= 11 is 1.88. The minimum absolute atomic E-state index is 0.143. The second kappa shape index (κ2) is 40.3. The summed E-state index contributed by atoms with van der Waals surface area (Å²) in [6.07, 6.45) is 47.0. The molecule has 16 nitrogen and oxygen atoms in total. The molecule has 8 aliphatic rings. The van der Waals surface area contributed by atoms with Gasteiger partial charge in [-0.2, -0.15) is 11.8 Å². The van der Waals surface area contributed by atoms with Crippen molar-refractivity contribution in [1.29, 1.82) is 0 Å². The Hall–Kier alpha value is -4.25. The summed E-state index contributed by atoms with van der Waals surface area (Å²) in [7, 11) is 27.2. The SMILES string of the molecule is CC(C)C1CCC(C2CCC(c3ccc(C4C=CC(C5C=CC(C6C=CC(C7CCC(C8CCC(C9CCC(C(C)C)N9C)N8C)N7C)N6C)N5C)N4C)n3C)N2C)N1C.CC(C)O[Si](C)(OC(C)C)OC(C)C.CSC(C)C.Cn1cccc1.Cn1cccc1.Cn1cccc1.Cn1cccc1. The van der Waals surface area contributed by atoms with Crippen LogP contribution < -0.4 is 0 Å². The van der Waals surface area contributed by atoms with Crippen molar-refractivity contribution >= 4 is 20.6 Å². The molecule has 13 rings (SSSR count). The first-order chi connectivity index (χ1) is 48.8. The van der Waals surface area contributed by atoms with Gasteiger partial charge >= 0.3 is 8.80 Å². The van der Waals surface area contributed by atoms with Crippen LogP contribution in [0.2, 0.25) is 6.55 Å². The molecule has 5 saturated heterocycles. The van der Waals surface area contributed by atoms with Crippen LogP contribution >= 0.6 is 11.8 Å². The van der Waals surface area contributed by atoms with Gasteiger partial charge in [-0.25, -0.2) is 0 Å². The van der Waals surface area contributed by atoms with Crippen molar-refractivity contribution < 1.29 is 13.3 Å². The van der Waals surface area contributed by atoms with E-state index in [1.165, 1.54) is 75.6 Å². The first kappa shape index (κ1) is 86.0. The van der Waals surface area contributed by atoms with Gasteiger partial charge in [0, 0.05) is 206 Å². The fraction of sp³-hybridized carbons (Fsp3) is 0.694. The van der Waals surface area contributed by atoms with Crippen molar-refractivity contribution in [3.63, 3.8) is 0 Å². The van der Waals surface area contributed by atoms with Crippen LogP contribution in [0, 0.1) is 11.8 Å². The largest absolute Gasteiger partial charge is 0.498 e. The number of hydrogen-bond acceptors (Lipinski definition) is 12. The summed E-state index contributed by atoms with van der Waals surface area (Å²) < 4.78 is 27.8. The summed E-state index contributed by atoms with van der Waals surface area (Å²) in [5, 5.41) is 0.801. The van der Waals surface area contributed by atoms with Crippen LogP contribution in [0.4, 0.5) is 0 Å². The van der Waals surface area contributed by atoms with Gasteiger partial charge < -0.3 is 36.1 Å². The van der Waals surface area contributed by atoms with Crippen LogP contribution in [-0.2, 0) is 48.5 Å². The van der Waals surface area contributed by atoms with Crippen molar-refractivity contribution in [2.45, 2.75) is 274 Å². The maximum Gasteiger partial charge on any atom is 0.498 e. The normalized spacial score (nSPS) is 30.1. The van der Waals surface area contributed by atoms with Gasteiger partial charge in [0.15, 0.2) is 0 Å². The van der Waals surface area contributed by atoms with E-state index >= 15 is 0 Å². The lowest BCUT2D eigenvalue weighted by Crippen LogP contribution is -2.56. The number of likely N-dealkylation sites (N-methyl/N-ethyl adjacent to an activating group) is 8. The molecule has 0 amide bonds. The van der Waals surface area contributed by atoms with Gasteiger partial charge in [-0.15, -0.1) is 0 Å². The Morgan fingerprint density at radius 2 is 0.612 bits per heavy atom. The van der Waals surface area contributed by atoms with E-state index in [1.54, 1.807) is 0 Å². The Balaban J connectivity index is 0.000000275. The van der Waals surface area contributed by atoms with Crippen LogP contribution in [-0.4, -0.2) is 242 Å². The Labute approximate surface area is 634 Å². The number of hydrogen-bond donors (Lipinski definition) is 0. The summed E-state index contributed by atoms with van der Waals surface area (Å²) in [4.78, 5) is 21.9. The minimum atomic E-state index is -2.44. The van der Waals surface area contributed by atoms with Crippen LogP contribution in [0.5, 0.6) is 0 Å². The molecule has 13 heterocycles. The lowest BCUT2D eigenvalue weighted by Gasteiger charge is -2.42. The third-order valence-corrected chi connectivity index (χ3v) is 27.5. The van der Waals surface area contributed by atoms with Crippen molar-refractivity contribution in [2.24, 2.45) is 47.1 Å². The molecule has 580 valence electrons. The van der Waals surface area contributed by atoms with Crippen LogP contribution in [0.25, 0.3) is 0 Å². The van der Waals surface area contributed by atoms with Gasteiger partial charge in [0.1, 0.15) is 0 Å². The topological polar surface area (TPSA) is 78.3 Å². The highest BCUT2D eigenvalue weighted by atomic mass is 32.2. The molecule has 0 aliphatic carbocycles. The zero-order chi connectivity index (χ0) is 75.7. The monoisotopic (exact) mass is 1460 g/mol. The molecule has 103 heavy (non-hydrogen) atoms. The van der Waals surface area contributed by atoms with E-state index in [0.717, 1.165) is 35.2 Å². The van der Waals surface area contributed by atoms with Crippen LogP contribution in [0.1, 0.15) is 171 Å². The van der Waals surface area contributed by atoms with Gasteiger partial charge in [0.05, 0.1) is 12.1 Å². The molecular formula is C85H147N13O3SSi. The highest BCUT2D eigenvalue weighted by molar-refractivity contribution is 7.99. The molecule has 0 N–H and O–H groups in total. The summed E-state index contributed by atoms with van der Waals surface area (Å²) in [5.41, 5.74) is 2.91. The molecule has 5 aromatic heterocycles. The minimum Gasteiger partial charge on any atom is -0.371 e. The second-order valence-electron chi connectivity index (χ2n) is 33.2. The maximum atomic E-state index is 5.75. The highest BCUT2D eigenvalue weighted by Crippen LogP contribution is 2.45. The van der Waals surface area contributed by atoms with Crippen molar-refractivity contribution in [2.75, 3.05) is 62.6 Å². The molecule has 5 aromatic rings. The van der Waals surface area contributed by atoms with Crippen molar-refractivity contribution in [3.05, 3.63) is 158 Å². The van der Waals surface area contributed by atoms with E-state index in [9.17, 15) is 0 Å². The Kier molecular flexibility index (Phi) is 33.6. The Morgan fingerprint density at radius 3 is 0.942 bits per heavy atom. The summed E-state index contributed by atoms with van der Waals surface area (Å²) in [5.74, 6) is 1.48. The summed E-state index contributed by atoms with van der Waals surface area (Å²) in [6, 6.07) is 29.8. The van der Waals surface area contributed by atoms with Gasteiger partial charge in [-0.3, -0.25) is 39.2 Å². The van der Waals surface area contributed by atoms with E-state index < -0.39 is 8.80 Å². The molecule has 0 aromatic carbocycles. The zero-order valence-corrected chi connectivity index (χ0v) is 71.4. The molecule has 18 heteroatoms. The molecule has 0 saturated carbocycles. The smallest absolute Gasteiger partial charge is 0.371 e. The number of aryl methyl sites for hydroxylation is 4. The standard InChI is InChI=1S/C51H85N9.C10H24O3Si.4C5H7N.C4H10S/c1-32(2)34-14-16-36(52(34)5)38-18-20-40(54(38)7)42-22-24-44(56(42)9)46-26-28-48(58(46)11)50-30-31-51(60(50)13)49-29-27-47(59(49)12)45-25-23-43(57(45)10)41-21-19-39(55(41)8)37-17-15-35(33(3)4)53(37)6;1-8(2)11-14(7,12-9(3)4)13-10(5)6;4*1-6-4-2-3-5-6;1-4(2)5-3/h22,24,26-41,43,45-51H,14-21,23,25H2,1-13H3;8-10H,1-7H3;4*2-5H,1H3;4H,1-3H3. The predicted octanol–water partition coefficient (Wildman–Crippen LogP) is 15.4. The molecule has 0 radical (unpaired) electrons. The Bertz CT molecular complexity index is 3060. The van der Waals surface area contributed by atoms with Gasteiger partial charge in [-0.1, -0.05) is 78.0 Å². The molecule has 16 atom stereocenters. The first-order valence-corrected chi connectivity index (χ1v) is 43.1. The van der Waals surface area contributed by atoms with Crippen LogP contribution in [0.15, 0.2) is 147 Å². The number of nitrogens with zero attached hydrogens (tertiary/aromatic N) is 13. The third kappa shape index (κ3) is 22.9. The first-order valence-electron chi connectivity index (χ1n) is 39.6. The zero-order valence-electron chi connectivity index (χ0n) is 69.6. The van der Waals surface area contributed by atoms with E-state index in [-0.39, 0.29) is 18.3 Å². The van der Waals surface area contributed by atoms with E-state index in [2.05, 4.69) is 204 Å². The number of thioether (sulfide) groups is 1. The van der Waals surface area contributed by atoms with Gasteiger partial charge in [0.2, 0.25) is 0 Å². The summed E-state index contributed by atoms with van der Waals surface area (Å²) in [6.45, 7) is 27.9. The average Bonchev–Trinajstić information content (AvgIpc) is 1.61. The highest BCUT2D eigenvalue weighted by Gasteiger charge is 2.51. The van der Waals surface area contributed by atoms with E-state index in [1.807, 2.05) is 204 Å². The van der Waals surface area contributed by atoms with Crippen molar-refractivity contribution in [1.82, 2.24) is 62.0 Å².